The highest BCUT2D eigenvalue weighted by Crippen LogP contribution is 2.46. The molecule has 0 atom stereocenters. The Morgan fingerprint density at radius 1 is 0.286 bits per heavy atom. The zero-order chi connectivity index (χ0) is 37.4. The largest absolute Gasteiger partial charge is 0.208 e. The van der Waals surface area contributed by atoms with Crippen molar-refractivity contribution in [2.75, 3.05) is 0 Å². The molecule has 260 valence electrons. The molecule has 0 saturated heterocycles. The van der Waals surface area contributed by atoms with E-state index in [1.54, 1.807) is 12.1 Å². The van der Waals surface area contributed by atoms with Crippen LogP contribution in [0.4, 0.5) is 0 Å². The first-order chi connectivity index (χ1) is 27.7. The molecule has 4 nitrogen and oxygen atoms in total. The van der Waals surface area contributed by atoms with Gasteiger partial charge < -0.3 is 0 Å². The molecule has 9 aromatic carbocycles. The minimum absolute atomic E-state index is 0.541. The Balaban J connectivity index is 1.23. The maximum Gasteiger partial charge on any atom is 0.164 e. The van der Waals surface area contributed by atoms with E-state index in [-0.39, 0.29) is 0 Å². The summed E-state index contributed by atoms with van der Waals surface area (Å²) in [5.74, 6) is 1.70. The number of aromatic nitrogens is 3. The molecule has 0 fully saturated rings. The molecule has 10 rings (SSSR count). The van der Waals surface area contributed by atoms with Crippen molar-refractivity contribution in [3.05, 3.63) is 200 Å². The highest BCUT2D eigenvalue weighted by Gasteiger charge is 2.21. The van der Waals surface area contributed by atoms with Gasteiger partial charge in [0.1, 0.15) is 0 Å². The average Bonchev–Trinajstić information content (AvgIpc) is 3.28. The van der Waals surface area contributed by atoms with E-state index in [1.165, 1.54) is 38.2 Å². The molecule has 0 unspecified atom stereocenters. The lowest BCUT2D eigenvalue weighted by Crippen LogP contribution is -2.02. The molecular weight excluding hydrogens is 681 g/mol. The number of benzene rings is 9. The van der Waals surface area contributed by atoms with E-state index in [4.69, 9.17) is 15.0 Å². The maximum atomic E-state index is 9.52. The van der Waals surface area contributed by atoms with Crippen molar-refractivity contribution in [3.8, 4) is 73.6 Å². The Morgan fingerprint density at radius 3 is 1.30 bits per heavy atom. The fourth-order valence-corrected chi connectivity index (χ4v) is 8.03. The van der Waals surface area contributed by atoms with E-state index in [1.807, 2.05) is 42.5 Å². The first-order valence-electron chi connectivity index (χ1n) is 18.7. The van der Waals surface area contributed by atoms with Crippen molar-refractivity contribution in [1.82, 2.24) is 15.0 Å². The van der Waals surface area contributed by atoms with Gasteiger partial charge >= 0.3 is 0 Å². The molecule has 0 aliphatic rings. The first kappa shape index (κ1) is 32.9. The molecule has 10 aromatic rings. The van der Waals surface area contributed by atoms with Gasteiger partial charge in [-0.1, -0.05) is 164 Å². The number of nitriles is 1. The van der Waals surface area contributed by atoms with Gasteiger partial charge in [-0.2, -0.15) is 5.26 Å². The highest BCUT2D eigenvalue weighted by molar-refractivity contribution is 6.24. The van der Waals surface area contributed by atoms with E-state index in [2.05, 4.69) is 146 Å². The lowest BCUT2D eigenvalue weighted by Gasteiger charge is -2.19. The smallest absolute Gasteiger partial charge is 0.164 e. The monoisotopic (exact) mass is 712 g/mol. The summed E-state index contributed by atoms with van der Waals surface area (Å²) >= 11 is 0. The van der Waals surface area contributed by atoms with E-state index in [0.29, 0.717) is 23.0 Å². The van der Waals surface area contributed by atoms with Gasteiger partial charge in [0.2, 0.25) is 0 Å². The lowest BCUT2D eigenvalue weighted by molar-refractivity contribution is 1.08. The molecule has 1 aromatic heterocycles. The van der Waals surface area contributed by atoms with Gasteiger partial charge in [0.05, 0.1) is 11.6 Å². The molecule has 4 heteroatoms. The number of hydrogen-bond acceptors (Lipinski definition) is 4. The Labute approximate surface area is 324 Å². The quantitative estimate of drug-likeness (QED) is 0.161. The zero-order valence-corrected chi connectivity index (χ0v) is 30.3. The van der Waals surface area contributed by atoms with Crippen LogP contribution < -0.4 is 0 Å². The molecule has 0 N–H and O–H groups in total. The van der Waals surface area contributed by atoms with Crippen LogP contribution in [0.15, 0.2) is 194 Å². The Morgan fingerprint density at radius 2 is 0.714 bits per heavy atom. The van der Waals surface area contributed by atoms with Crippen LogP contribution in [0, 0.1) is 11.3 Å². The summed E-state index contributed by atoms with van der Waals surface area (Å²) in [6, 6.07) is 69.4. The van der Waals surface area contributed by atoms with Crippen molar-refractivity contribution in [2.45, 2.75) is 0 Å². The predicted octanol–water partition coefficient (Wildman–Crippen LogP) is 13.2. The standard InChI is InChI=1S/C52H32N4/c53-33-34-27-29-37(30-28-34)50-54-51(46-26-14-7-19-38(46)35-15-3-1-4-16-35)56-52(55-50)47-32-31-45(39-20-8-9-21-40(39)47)49-43-24-12-10-22-41(43)48(36-17-5-2-6-18-36)42-23-11-13-25-44(42)49/h1-32H. The topological polar surface area (TPSA) is 62.5 Å². The number of hydrogen-bond donors (Lipinski definition) is 0. The van der Waals surface area contributed by atoms with Gasteiger partial charge in [0, 0.05) is 16.7 Å². The first-order valence-corrected chi connectivity index (χ1v) is 18.7. The summed E-state index contributed by atoms with van der Waals surface area (Å²) in [5.41, 5.74) is 10.1. The zero-order valence-electron chi connectivity index (χ0n) is 30.3. The van der Waals surface area contributed by atoms with Crippen LogP contribution >= 0.6 is 0 Å². The molecule has 0 amide bonds. The number of nitrogens with zero attached hydrogens (tertiary/aromatic N) is 4. The SMILES string of the molecule is N#Cc1ccc(-c2nc(-c3ccccc3-c3ccccc3)nc(-c3ccc(-c4c5ccccc5c(-c5ccccc5)c5ccccc45)c4ccccc34)n2)cc1. The molecule has 0 bridgehead atoms. The minimum Gasteiger partial charge on any atom is -0.208 e. The van der Waals surface area contributed by atoms with E-state index >= 15 is 0 Å². The van der Waals surface area contributed by atoms with Crippen molar-refractivity contribution in [2.24, 2.45) is 0 Å². The second kappa shape index (κ2) is 13.9. The summed E-state index contributed by atoms with van der Waals surface area (Å²) in [7, 11) is 0. The summed E-state index contributed by atoms with van der Waals surface area (Å²) in [4.78, 5) is 15.5. The summed E-state index contributed by atoms with van der Waals surface area (Å²) in [5, 5.41) is 16.5. The molecule has 0 spiro atoms. The van der Waals surface area contributed by atoms with Crippen LogP contribution in [0.25, 0.3) is 99.9 Å². The maximum absolute atomic E-state index is 9.52. The molecular formula is C52H32N4. The molecule has 1 heterocycles. The Bertz CT molecular complexity index is 3070. The molecule has 0 aliphatic carbocycles. The van der Waals surface area contributed by atoms with Gasteiger partial charge in [-0.05, 0) is 96.0 Å². The van der Waals surface area contributed by atoms with Crippen molar-refractivity contribution in [1.29, 1.82) is 5.26 Å². The third kappa shape index (κ3) is 5.67. The number of rotatable bonds is 6. The van der Waals surface area contributed by atoms with E-state index < -0.39 is 0 Å². The lowest BCUT2D eigenvalue weighted by atomic mass is 9.84. The third-order valence-electron chi connectivity index (χ3n) is 10.6. The Kier molecular flexibility index (Phi) is 8.17. The Hall–Kier alpha value is -7.74. The van der Waals surface area contributed by atoms with Crippen LogP contribution in [0.1, 0.15) is 5.56 Å². The molecule has 0 radical (unpaired) electrons. The van der Waals surface area contributed by atoms with Gasteiger partial charge in [-0.25, -0.2) is 15.0 Å². The van der Waals surface area contributed by atoms with Crippen LogP contribution in [0.3, 0.4) is 0 Å². The summed E-state index contributed by atoms with van der Waals surface area (Å²) in [6.07, 6.45) is 0. The van der Waals surface area contributed by atoms with Crippen LogP contribution in [0.5, 0.6) is 0 Å². The average molecular weight is 713 g/mol. The molecule has 56 heavy (non-hydrogen) atoms. The summed E-state index contributed by atoms with van der Waals surface area (Å²) < 4.78 is 0. The van der Waals surface area contributed by atoms with E-state index in [9.17, 15) is 5.26 Å². The van der Waals surface area contributed by atoms with Crippen molar-refractivity contribution < 1.29 is 0 Å². The van der Waals surface area contributed by atoms with Gasteiger partial charge in [0.15, 0.2) is 17.5 Å². The van der Waals surface area contributed by atoms with Crippen LogP contribution in [0.2, 0.25) is 0 Å². The normalized spacial score (nSPS) is 11.2. The predicted molar refractivity (Wildman–Crippen MR) is 230 cm³/mol. The van der Waals surface area contributed by atoms with E-state index in [0.717, 1.165) is 44.2 Å². The highest BCUT2D eigenvalue weighted by atomic mass is 15.0. The van der Waals surface area contributed by atoms with Crippen LogP contribution in [-0.4, -0.2) is 15.0 Å². The fourth-order valence-electron chi connectivity index (χ4n) is 8.03. The second-order valence-corrected chi connectivity index (χ2v) is 13.8. The molecule has 0 aliphatic heterocycles. The van der Waals surface area contributed by atoms with Gasteiger partial charge in [0.25, 0.3) is 0 Å². The number of fused-ring (bicyclic) bond motifs is 3. The fraction of sp³-hybridized carbons (Fsp3) is 0. The molecule has 0 saturated carbocycles. The van der Waals surface area contributed by atoms with Gasteiger partial charge in [-0.15, -0.1) is 0 Å². The minimum atomic E-state index is 0.541. The van der Waals surface area contributed by atoms with Gasteiger partial charge in [-0.3, -0.25) is 0 Å². The van der Waals surface area contributed by atoms with Crippen molar-refractivity contribution >= 4 is 32.3 Å². The summed E-state index contributed by atoms with van der Waals surface area (Å²) in [6.45, 7) is 0. The third-order valence-corrected chi connectivity index (χ3v) is 10.6. The van der Waals surface area contributed by atoms with Crippen molar-refractivity contribution in [3.63, 3.8) is 0 Å². The second-order valence-electron chi connectivity index (χ2n) is 13.8. The van der Waals surface area contributed by atoms with Crippen LogP contribution in [-0.2, 0) is 0 Å².